The first kappa shape index (κ1) is 21.9. The second kappa shape index (κ2) is 10.8. The number of hydrogen-bond acceptors (Lipinski definition) is 4. The van der Waals surface area contributed by atoms with Gasteiger partial charge < -0.3 is 20.3 Å². The highest BCUT2D eigenvalue weighted by Crippen LogP contribution is 2.22. The molecule has 0 bridgehead atoms. The highest BCUT2D eigenvalue weighted by molar-refractivity contribution is 6.01. The molecular weight excluding hydrogens is 390 g/mol. The predicted octanol–water partition coefficient (Wildman–Crippen LogP) is 5.01. The van der Waals surface area contributed by atoms with Crippen molar-refractivity contribution in [2.75, 3.05) is 30.3 Å². The Bertz CT molecular complexity index is 1000. The molecular formula is C25H27N3O3. The van der Waals surface area contributed by atoms with Gasteiger partial charge in [-0.25, -0.2) is 0 Å². The van der Waals surface area contributed by atoms with Crippen LogP contribution in [0.3, 0.4) is 0 Å². The predicted molar refractivity (Wildman–Crippen MR) is 124 cm³/mol. The van der Waals surface area contributed by atoms with Crippen molar-refractivity contribution in [1.29, 1.82) is 0 Å². The van der Waals surface area contributed by atoms with Crippen molar-refractivity contribution in [3.05, 3.63) is 84.4 Å². The molecule has 31 heavy (non-hydrogen) atoms. The minimum Gasteiger partial charge on any atom is -0.457 e. The highest BCUT2D eigenvalue weighted by atomic mass is 16.5. The van der Waals surface area contributed by atoms with Gasteiger partial charge in [-0.15, -0.1) is 0 Å². The van der Waals surface area contributed by atoms with Gasteiger partial charge in [0.15, 0.2) is 0 Å². The molecule has 0 aliphatic heterocycles. The lowest BCUT2D eigenvalue weighted by atomic mass is 10.1. The molecule has 2 N–H and O–H groups in total. The summed E-state index contributed by atoms with van der Waals surface area (Å²) in [6.07, 6.45) is 0. The van der Waals surface area contributed by atoms with Gasteiger partial charge in [0.1, 0.15) is 11.5 Å². The van der Waals surface area contributed by atoms with Crippen molar-refractivity contribution in [3.63, 3.8) is 0 Å². The summed E-state index contributed by atoms with van der Waals surface area (Å²) in [5, 5.41) is 5.92. The molecule has 0 fully saturated rings. The first-order valence-electron chi connectivity index (χ1n) is 10.4. The number of carbonyl (C=O) groups is 2. The lowest BCUT2D eigenvalue weighted by Gasteiger charge is -2.20. The Labute approximate surface area is 182 Å². The van der Waals surface area contributed by atoms with Crippen LogP contribution in [-0.2, 0) is 4.79 Å². The van der Waals surface area contributed by atoms with E-state index in [1.165, 1.54) is 0 Å². The van der Waals surface area contributed by atoms with Gasteiger partial charge in [0, 0.05) is 24.5 Å². The van der Waals surface area contributed by atoms with E-state index in [1.807, 2.05) is 56.3 Å². The van der Waals surface area contributed by atoms with Crippen molar-refractivity contribution >= 4 is 23.2 Å². The number of anilines is 2. The average molecular weight is 418 g/mol. The van der Waals surface area contributed by atoms with Crippen LogP contribution in [-0.4, -0.2) is 36.3 Å². The standard InChI is InChI=1S/C25H27N3O3/c1-3-28(4-2)25(30)22-12-8-9-13-23(22)26-18-24(29)27-19-14-16-21(17-15-19)31-20-10-6-5-7-11-20/h5-17,26H,3-4,18H2,1-2H3,(H,27,29). The molecule has 0 aliphatic rings. The number of rotatable bonds is 9. The van der Waals surface area contributed by atoms with Gasteiger partial charge in [-0.05, 0) is 62.4 Å². The number of nitrogens with one attached hydrogen (secondary N) is 2. The zero-order valence-corrected chi connectivity index (χ0v) is 17.8. The van der Waals surface area contributed by atoms with Gasteiger partial charge in [-0.2, -0.15) is 0 Å². The minimum absolute atomic E-state index is 0.0464. The summed E-state index contributed by atoms with van der Waals surface area (Å²) in [5.74, 6) is 1.18. The molecule has 0 radical (unpaired) electrons. The maximum atomic E-state index is 12.7. The highest BCUT2D eigenvalue weighted by Gasteiger charge is 2.16. The summed E-state index contributed by atoms with van der Waals surface area (Å²) in [6, 6.07) is 23.9. The van der Waals surface area contributed by atoms with Gasteiger partial charge in [-0.3, -0.25) is 9.59 Å². The first-order valence-corrected chi connectivity index (χ1v) is 10.4. The summed E-state index contributed by atoms with van der Waals surface area (Å²) in [5.41, 5.74) is 1.86. The van der Waals surface area contributed by atoms with E-state index >= 15 is 0 Å². The zero-order chi connectivity index (χ0) is 22.1. The van der Waals surface area contributed by atoms with Gasteiger partial charge in [0.25, 0.3) is 5.91 Å². The molecule has 6 nitrogen and oxygen atoms in total. The Morgan fingerprint density at radius 1 is 0.806 bits per heavy atom. The van der Waals surface area contributed by atoms with Crippen molar-refractivity contribution in [1.82, 2.24) is 4.90 Å². The molecule has 0 unspecified atom stereocenters. The monoisotopic (exact) mass is 417 g/mol. The van der Waals surface area contributed by atoms with E-state index in [0.717, 1.165) is 5.75 Å². The van der Waals surface area contributed by atoms with Crippen LogP contribution in [0, 0.1) is 0 Å². The smallest absolute Gasteiger partial charge is 0.255 e. The SMILES string of the molecule is CCN(CC)C(=O)c1ccccc1NCC(=O)Nc1ccc(Oc2ccccc2)cc1. The van der Waals surface area contributed by atoms with Crippen LogP contribution < -0.4 is 15.4 Å². The fourth-order valence-electron chi connectivity index (χ4n) is 3.12. The third kappa shape index (κ3) is 6.09. The molecule has 0 atom stereocenters. The second-order valence-corrected chi connectivity index (χ2v) is 6.86. The van der Waals surface area contributed by atoms with E-state index in [0.29, 0.717) is 35.8 Å². The molecule has 0 spiro atoms. The quantitative estimate of drug-likeness (QED) is 0.513. The average Bonchev–Trinajstić information content (AvgIpc) is 2.80. The summed E-state index contributed by atoms with van der Waals surface area (Å²) in [4.78, 5) is 26.8. The molecule has 0 heterocycles. The molecule has 160 valence electrons. The Morgan fingerprint density at radius 3 is 2.10 bits per heavy atom. The molecule has 0 aromatic heterocycles. The van der Waals surface area contributed by atoms with Crippen LogP contribution in [0.5, 0.6) is 11.5 Å². The van der Waals surface area contributed by atoms with Crippen molar-refractivity contribution in [2.45, 2.75) is 13.8 Å². The fraction of sp³-hybridized carbons (Fsp3) is 0.200. The first-order chi connectivity index (χ1) is 15.1. The summed E-state index contributed by atoms with van der Waals surface area (Å²) >= 11 is 0. The summed E-state index contributed by atoms with van der Waals surface area (Å²) in [6.45, 7) is 5.20. The largest absolute Gasteiger partial charge is 0.457 e. The second-order valence-electron chi connectivity index (χ2n) is 6.86. The van der Waals surface area contributed by atoms with Gasteiger partial charge in [0.05, 0.1) is 12.1 Å². The third-order valence-electron chi connectivity index (χ3n) is 4.76. The minimum atomic E-state index is -0.207. The Morgan fingerprint density at radius 2 is 1.42 bits per heavy atom. The summed E-state index contributed by atoms with van der Waals surface area (Å²) in [7, 11) is 0. The molecule has 0 aliphatic carbocycles. The van der Waals surface area contributed by atoms with E-state index in [9.17, 15) is 9.59 Å². The number of benzene rings is 3. The van der Waals surface area contributed by atoms with Crippen LogP contribution in [0.4, 0.5) is 11.4 Å². The van der Waals surface area contributed by atoms with E-state index < -0.39 is 0 Å². The van der Waals surface area contributed by atoms with Crippen LogP contribution in [0.2, 0.25) is 0 Å². The third-order valence-corrected chi connectivity index (χ3v) is 4.76. The Kier molecular flexibility index (Phi) is 7.65. The number of ether oxygens (including phenoxy) is 1. The number of nitrogens with zero attached hydrogens (tertiary/aromatic N) is 1. The molecule has 3 aromatic rings. The molecule has 0 saturated heterocycles. The van der Waals surface area contributed by atoms with Gasteiger partial charge in [-0.1, -0.05) is 30.3 Å². The van der Waals surface area contributed by atoms with Crippen LogP contribution in [0.1, 0.15) is 24.2 Å². The maximum Gasteiger partial charge on any atom is 0.255 e. The molecule has 2 amide bonds. The lowest BCUT2D eigenvalue weighted by molar-refractivity contribution is -0.114. The number of hydrogen-bond donors (Lipinski definition) is 2. The van der Waals surface area contributed by atoms with E-state index in [-0.39, 0.29) is 18.4 Å². The lowest BCUT2D eigenvalue weighted by Crippen LogP contribution is -2.31. The van der Waals surface area contributed by atoms with Gasteiger partial charge >= 0.3 is 0 Å². The van der Waals surface area contributed by atoms with E-state index in [2.05, 4.69) is 10.6 Å². The van der Waals surface area contributed by atoms with Crippen molar-refractivity contribution < 1.29 is 14.3 Å². The zero-order valence-electron chi connectivity index (χ0n) is 17.8. The normalized spacial score (nSPS) is 10.3. The number of para-hydroxylation sites is 2. The molecule has 3 rings (SSSR count). The molecule has 3 aromatic carbocycles. The van der Waals surface area contributed by atoms with Crippen LogP contribution >= 0.6 is 0 Å². The Balaban J connectivity index is 1.57. The maximum absolute atomic E-state index is 12.7. The fourth-order valence-corrected chi connectivity index (χ4v) is 3.12. The molecule has 0 saturated carbocycles. The summed E-state index contributed by atoms with van der Waals surface area (Å²) < 4.78 is 5.76. The van der Waals surface area contributed by atoms with Crippen molar-refractivity contribution in [3.8, 4) is 11.5 Å². The van der Waals surface area contributed by atoms with Crippen LogP contribution in [0.25, 0.3) is 0 Å². The van der Waals surface area contributed by atoms with Crippen LogP contribution in [0.15, 0.2) is 78.9 Å². The number of amides is 2. The molecule has 6 heteroatoms. The topological polar surface area (TPSA) is 70.7 Å². The van der Waals surface area contributed by atoms with Gasteiger partial charge in [0.2, 0.25) is 5.91 Å². The number of carbonyl (C=O) groups excluding carboxylic acids is 2. The van der Waals surface area contributed by atoms with E-state index in [4.69, 9.17) is 4.74 Å². The Hall–Kier alpha value is -3.80. The van der Waals surface area contributed by atoms with E-state index in [1.54, 1.807) is 41.3 Å². The van der Waals surface area contributed by atoms with Crippen molar-refractivity contribution in [2.24, 2.45) is 0 Å².